The maximum absolute atomic E-state index is 14.0. The van der Waals surface area contributed by atoms with E-state index in [1.54, 1.807) is 14.2 Å². The molecule has 0 saturated carbocycles. The third kappa shape index (κ3) is 4.49. The van der Waals surface area contributed by atoms with Gasteiger partial charge in [0.1, 0.15) is 12.4 Å². The number of methoxy groups -OCH3 is 2. The van der Waals surface area contributed by atoms with E-state index in [0.29, 0.717) is 30.2 Å². The lowest BCUT2D eigenvalue weighted by molar-refractivity contribution is 0.0591. The minimum absolute atomic E-state index is 0.00116. The average molecular weight is 482 g/mol. The molecular weight excluding hydrogens is 450 g/mol. The maximum Gasteiger partial charge on any atom is 0.255 e. The standard InChI is InChI=1S/C31H31NO4/c1-20-14-21(2)16-24(15-20)36-19-28-27-18-30(35-4)29(34-3)17-23(27)12-13-32(28)31(33)26-11-7-9-22-8-5-6-10-25(22)26/h5-11,14-18,28H,12-13,19H2,1-4H3/t28-/m0/s1. The lowest BCUT2D eigenvalue weighted by Gasteiger charge is -2.38. The van der Waals surface area contributed by atoms with Gasteiger partial charge < -0.3 is 19.1 Å². The molecule has 0 aliphatic carbocycles. The predicted molar refractivity (Wildman–Crippen MR) is 142 cm³/mol. The second-order valence-corrected chi connectivity index (χ2v) is 9.33. The van der Waals surface area contributed by atoms with Gasteiger partial charge >= 0.3 is 0 Å². The van der Waals surface area contributed by atoms with Crippen LogP contribution in [0.4, 0.5) is 0 Å². The van der Waals surface area contributed by atoms with E-state index in [0.717, 1.165) is 45.2 Å². The topological polar surface area (TPSA) is 48.0 Å². The number of amides is 1. The van der Waals surface area contributed by atoms with Gasteiger partial charge in [-0.05, 0) is 83.6 Å². The molecule has 4 aromatic carbocycles. The first-order valence-corrected chi connectivity index (χ1v) is 12.2. The van der Waals surface area contributed by atoms with Gasteiger partial charge in [-0.15, -0.1) is 0 Å². The summed E-state index contributed by atoms with van der Waals surface area (Å²) in [7, 11) is 3.28. The summed E-state index contributed by atoms with van der Waals surface area (Å²) >= 11 is 0. The maximum atomic E-state index is 14.0. The van der Waals surface area contributed by atoms with Gasteiger partial charge in [-0.1, -0.05) is 42.5 Å². The van der Waals surface area contributed by atoms with Crippen molar-refractivity contribution in [3.63, 3.8) is 0 Å². The Labute approximate surface area is 212 Å². The highest BCUT2D eigenvalue weighted by Crippen LogP contribution is 2.39. The van der Waals surface area contributed by atoms with E-state index < -0.39 is 0 Å². The largest absolute Gasteiger partial charge is 0.493 e. The molecule has 0 fully saturated rings. The second-order valence-electron chi connectivity index (χ2n) is 9.33. The molecule has 0 spiro atoms. The Morgan fingerprint density at radius 2 is 1.58 bits per heavy atom. The molecule has 0 radical (unpaired) electrons. The molecule has 5 rings (SSSR count). The van der Waals surface area contributed by atoms with Crippen LogP contribution in [0.15, 0.2) is 72.8 Å². The molecule has 1 heterocycles. The Bertz CT molecular complexity index is 1400. The molecule has 1 atom stereocenters. The molecule has 0 bridgehead atoms. The first kappa shape index (κ1) is 23.7. The van der Waals surface area contributed by atoms with Gasteiger partial charge in [0.2, 0.25) is 0 Å². The number of hydrogen-bond donors (Lipinski definition) is 0. The van der Waals surface area contributed by atoms with Gasteiger partial charge in [0.05, 0.1) is 20.3 Å². The fourth-order valence-corrected chi connectivity index (χ4v) is 5.21. The molecule has 5 nitrogen and oxygen atoms in total. The van der Waals surface area contributed by atoms with Crippen molar-refractivity contribution < 1.29 is 19.0 Å². The molecule has 4 aromatic rings. The van der Waals surface area contributed by atoms with Crippen molar-refractivity contribution in [2.45, 2.75) is 26.3 Å². The summed E-state index contributed by atoms with van der Waals surface area (Å²) in [5, 5.41) is 2.01. The van der Waals surface area contributed by atoms with Crippen LogP contribution in [0.3, 0.4) is 0 Å². The van der Waals surface area contributed by atoms with Crippen LogP contribution in [0, 0.1) is 13.8 Å². The Kier molecular flexibility index (Phi) is 6.55. The molecule has 1 aliphatic heterocycles. The van der Waals surface area contributed by atoms with E-state index in [9.17, 15) is 4.79 Å². The van der Waals surface area contributed by atoms with Gasteiger partial charge in [-0.3, -0.25) is 4.79 Å². The number of fused-ring (bicyclic) bond motifs is 2. The number of ether oxygens (including phenoxy) is 3. The summed E-state index contributed by atoms with van der Waals surface area (Å²) < 4.78 is 17.5. The van der Waals surface area contributed by atoms with Crippen LogP contribution in [-0.4, -0.2) is 38.2 Å². The van der Waals surface area contributed by atoms with Gasteiger partial charge in [0.25, 0.3) is 5.91 Å². The lowest BCUT2D eigenvalue weighted by atomic mass is 9.91. The lowest BCUT2D eigenvalue weighted by Crippen LogP contribution is -2.42. The number of hydrogen-bond acceptors (Lipinski definition) is 4. The number of aryl methyl sites for hydroxylation is 2. The molecule has 0 aromatic heterocycles. The van der Waals surface area contributed by atoms with Crippen LogP contribution in [0.25, 0.3) is 10.8 Å². The van der Waals surface area contributed by atoms with Crippen LogP contribution in [0.5, 0.6) is 17.2 Å². The van der Waals surface area contributed by atoms with Gasteiger partial charge in [0, 0.05) is 12.1 Å². The highest BCUT2D eigenvalue weighted by molar-refractivity contribution is 6.07. The Balaban J connectivity index is 1.56. The van der Waals surface area contributed by atoms with E-state index in [4.69, 9.17) is 14.2 Å². The van der Waals surface area contributed by atoms with Crippen molar-refractivity contribution in [1.82, 2.24) is 4.90 Å². The molecule has 1 amide bonds. The number of nitrogens with zero attached hydrogens (tertiary/aromatic N) is 1. The minimum Gasteiger partial charge on any atom is -0.493 e. The van der Waals surface area contributed by atoms with E-state index in [1.165, 1.54) is 0 Å². The second kappa shape index (κ2) is 9.94. The van der Waals surface area contributed by atoms with E-state index >= 15 is 0 Å². The average Bonchev–Trinajstić information content (AvgIpc) is 2.89. The van der Waals surface area contributed by atoms with Crippen LogP contribution in [0.2, 0.25) is 0 Å². The smallest absolute Gasteiger partial charge is 0.255 e. The van der Waals surface area contributed by atoms with Crippen LogP contribution in [0.1, 0.15) is 38.7 Å². The fraction of sp³-hybridized carbons (Fsp3) is 0.258. The normalized spacial score (nSPS) is 14.9. The molecule has 0 unspecified atom stereocenters. The third-order valence-corrected chi connectivity index (χ3v) is 6.89. The summed E-state index contributed by atoms with van der Waals surface area (Å²) in [6.07, 6.45) is 0.728. The summed E-state index contributed by atoms with van der Waals surface area (Å²) in [6.45, 7) is 5.04. The quantitative estimate of drug-likeness (QED) is 0.325. The van der Waals surface area contributed by atoms with Crippen molar-refractivity contribution in [1.29, 1.82) is 0 Å². The highest BCUT2D eigenvalue weighted by atomic mass is 16.5. The van der Waals surface area contributed by atoms with Crippen molar-refractivity contribution in [2.24, 2.45) is 0 Å². The Morgan fingerprint density at radius 1 is 0.889 bits per heavy atom. The first-order chi connectivity index (χ1) is 17.5. The van der Waals surface area contributed by atoms with Crippen LogP contribution in [-0.2, 0) is 6.42 Å². The predicted octanol–water partition coefficient (Wildman–Crippen LogP) is 6.29. The molecule has 5 heteroatoms. The number of carbonyl (C=O) groups is 1. The van der Waals surface area contributed by atoms with Gasteiger partial charge in [0.15, 0.2) is 11.5 Å². The zero-order chi connectivity index (χ0) is 25.2. The fourth-order valence-electron chi connectivity index (χ4n) is 5.21. The van der Waals surface area contributed by atoms with Gasteiger partial charge in [-0.25, -0.2) is 0 Å². The zero-order valence-electron chi connectivity index (χ0n) is 21.2. The number of benzene rings is 4. The first-order valence-electron chi connectivity index (χ1n) is 12.2. The molecule has 1 aliphatic rings. The highest BCUT2D eigenvalue weighted by Gasteiger charge is 2.34. The van der Waals surface area contributed by atoms with E-state index in [1.807, 2.05) is 71.6 Å². The van der Waals surface area contributed by atoms with Crippen LogP contribution < -0.4 is 14.2 Å². The van der Waals surface area contributed by atoms with E-state index in [2.05, 4.69) is 19.9 Å². The summed E-state index contributed by atoms with van der Waals surface area (Å²) in [5.74, 6) is 2.14. The monoisotopic (exact) mass is 481 g/mol. The van der Waals surface area contributed by atoms with Gasteiger partial charge in [-0.2, -0.15) is 0 Å². The minimum atomic E-state index is -0.277. The SMILES string of the molecule is COc1cc2c(cc1OC)[C@H](COc1cc(C)cc(C)c1)N(C(=O)c1cccc3ccccc13)CC2. The van der Waals surface area contributed by atoms with Crippen molar-refractivity contribution >= 4 is 16.7 Å². The Morgan fingerprint density at radius 3 is 2.33 bits per heavy atom. The van der Waals surface area contributed by atoms with Crippen LogP contribution >= 0.6 is 0 Å². The molecule has 0 N–H and O–H groups in total. The van der Waals surface area contributed by atoms with Crippen molar-refractivity contribution in [2.75, 3.05) is 27.4 Å². The summed E-state index contributed by atoms with van der Waals surface area (Å²) in [5.41, 5.74) is 5.15. The molecule has 184 valence electrons. The third-order valence-electron chi connectivity index (χ3n) is 6.89. The summed E-state index contributed by atoms with van der Waals surface area (Å²) in [4.78, 5) is 16.0. The van der Waals surface area contributed by atoms with Crippen molar-refractivity contribution in [3.8, 4) is 17.2 Å². The van der Waals surface area contributed by atoms with E-state index in [-0.39, 0.29) is 11.9 Å². The van der Waals surface area contributed by atoms with Crippen molar-refractivity contribution in [3.05, 3.63) is 101 Å². The molecular formula is C31H31NO4. The number of carbonyl (C=O) groups excluding carboxylic acids is 1. The summed E-state index contributed by atoms with van der Waals surface area (Å²) in [6, 6.07) is 23.8. The molecule has 0 saturated heterocycles. The Hall–Kier alpha value is -3.99. The zero-order valence-corrected chi connectivity index (χ0v) is 21.2. The molecule has 36 heavy (non-hydrogen) atoms. The number of rotatable bonds is 6.